The molecule has 0 saturated carbocycles. The van der Waals surface area contributed by atoms with Gasteiger partial charge < -0.3 is 9.80 Å². The molecule has 1 aromatic heterocycles. The molecular weight excluding hydrogens is 380 g/mol. The van der Waals surface area contributed by atoms with Crippen LogP contribution in [0.3, 0.4) is 0 Å². The number of hydrogen-bond acceptors (Lipinski definition) is 3. The van der Waals surface area contributed by atoms with E-state index in [4.69, 9.17) is 0 Å². The second kappa shape index (κ2) is 8.41. The minimum atomic E-state index is 0.209. The van der Waals surface area contributed by atoms with E-state index in [9.17, 15) is 9.59 Å². The van der Waals surface area contributed by atoms with Crippen LogP contribution in [-0.2, 0) is 17.6 Å². The van der Waals surface area contributed by atoms with Gasteiger partial charge in [-0.15, -0.1) is 11.3 Å². The van der Waals surface area contributed by atoms with Crippen molar-refractivity contribution in [3.63, 3.8) is 0 Å². The fraction of sp³-hybridized carbons (Fsp3) is 0.750. The van der Waals surface area contributed by atoms with Crippen molar-refractivity contribution in [2.24, 2.45) is 17.3 Å². The summed E-state index contributed by atoms with van der Waals surface area (Å²) in [5.41, 5.74) is 1.74. The molecule has 0 aromatic carbocycles. The Morgan fingerprint density at radius 2 is 1.72 bits per heavy atom. The SMILES string of the molecule is CC(C)(C)C1CCc2sc(C(=O)N3CCC(CC(=O)N4CCCC4)CC3)cc2C1. The lowest BCUT2D eigenvalue weighted by Gasteiger charge is -2.33. The molecule has 29 heavy (non-hydrogen) atoms. The number of fused-ring (bicyclic) bond motifs is 1. The Balaban J connectivity index is 1.31. The zero-order valence-electron chi connectivity index (χ0n) is 18.3. The lowest BCUT2D eigenvalue weighted by molar-refractivity contribution is -0.131. The summed E-state index contributed by atoms with van der Waals surface area (Å²) in [4.78, 5) is 31.9. The molecule has 0 radical (unpaired) electrons. The zero-order chi connectivity index (χ0) is 20.6. The summed E-state index contributed by atoms with van der Waals surface area (Å²) in [7, 11) is 0. The van der Waals surface area contributed by atoms with E-state index < -0.39 is 0 Å². The van der Waals surface area contributed by atoms with Crippen LogP contribution in [0, 0.1) is 17.3 Å². The molecule has 1 atom stereocenters. The van der Waals surface area contributed by atoms with Gasteiger partial charge in [-0.05, 0) is 73.8 Å². The molecule has 0 N–H and O–H groups in total. The smallest absolute Gasteiger partial charge is 0.263 e. The van der Waals surface area contributed by atoms with E-state index in [1.807, 2.05) is 9.80 Å². The summed E-state index contributed by atoms with van der Waals surface area (Å²) in [6, 6.07) is 2.18. The van der Waals surface area contributed by atoms with E-state index in [1.54, 1.807) is 11.3 Å². The van der Waals surface area contributed by atoms with E-state index in [0.29, 0.717) is 29.6 Å². The summed E-state index contributed by atoms with van der Waals surface area (Å²) in [5, 5.41) is 0. The van der Waals surface area contributed by atoms with Crippen molar-refractivity contribution in [3.8, 4) is 0 Å². The third-order valence-electron chi connectivity index (χ3n) is 7.34. The van der Waals surface area contributed by atoms with Crippen LogP contribution in [0.1, 0.15) is 79.4 Å². The molecule has 2 aliphatic heterocycles. The summed E-state index contributed by atoms with van der Waals surface area (Å²) < 4.78 is 0. The van der Waals surface area contributed by atoms with Crippen LogP contribution in [0.25, 0.3) is 0 Å². The number of nitrogens with zero attached hydrogens (tertiary/aromatic N) is 2. The van der Waals surface area contributed by atoms with Crippen LogP contribution in [0.2, 0.25) is 0 Å². The predicted octanol–water partition coefficient (Wildman–Crippen LogP) is 4.76. The number of aryl methyl sites for hydroxylation is 1. The van der Waals surface area contributed by atoms with E-state index in [0.717, 1.165) is 69.6 Å². The number of carbonyl (C=O) groups excluding carboxylic acids is 2. The van der Waals surface area contributed by atoms with Crippen LogP contribution in [0.15, 0.2) is 6.07 Å². The maximum Gasteiger partial charge on any atom is 0.263 e. The number of likely N-dealkylation sites (tertiary alicyclic amines) is 2. The minimum Gasteiger partial charge on any atom is -0.343 e. The molecule has 0 bridgehead atoms. The van der Waals surface area contributed by atoms with Crippen molar-refractivity contribution in [3.05, 3.63) is 21.4 Å². The topological polar surface area (TPSA) is 40.6 Å². The van der Waals surface area contributed by atoms with Crippen molar-refractivity contribution in [2.45, 2.75) is 72.1 Å². The third kappa shape index (κ3) is 4.70. The molecule has 2 saturated heterocycles. The fourth-order valence-electron chi connectivity index (χ4n) is 5.21. The molecule has 1 aliphatic carbocycles. The Labute approximate surface area is 179 Å². The highest BCUT2D eigenvalue weighted by molar-refractivity contribution is 7.14. The van der Waals surface area contributed by atoms with Crippen LogP contribution in [0.4, 0.5) is 0 Å². The van der Waals surface area contributed by atoms with Crippen molar-refractivity contribution < 1.29 is 9.59 Å². The number of carbonyl (C=O) groups is 2. The molecular formula is C24H36N2O2S. The average molecular weight is 417 g/mol. The first-order valence-electron chi connectivity index (χ1n) is 11.5. The van der Waals surface area contributed by atoms with Gasteiger partial charge in [0.05, 0.1) is 4.88 Å². The van der Waals surface area contributed by atoms with Gasteiger partial charge in [0.25, 0.3) is 5.91 Å². The second-order valence-electron chi connectivity index (χ2n) is 10.4. The maximum atomic E-state index is 13.1. The normalized spacial score (nSPS) is 23.3. The van der Waals surface area contributed by atoms with Crippen LogP contribution >= 0.6 is 11.3 Å². The van der Waals surface area contributed by atoms with Crippen LogP contribution < -0.4 is 0 Å². The Morgan fingerprint density at radius 3 is 2.38 bits per heavy atom. The number of thiophene rings is 1. The monoisotopic (exact) mass is 416 g/mol. The minimum absolute atomic E-state index is 0.209. The van der Waals surface area contributed by atoms with Crippen molar-refractivity contribution in [2.75, 3.05) is 26.2 Å². The van der Waals surface area contributed by atoms with Crippen molar-refractivity contribution in [1.29, 1.82) is 0 Å². The highest BCUT2D eigenvalue weighted by atomic mass is 32.1. The van der Waals surface area contributed by atoms with Gasteiger partial charge in [-0.25, -0.2) is 0 Å². The van der Waals surface area contributed by atoms with Crippen molar-refractivity contribution >= 4 is 23.2 Å². The zero-order valence-corrected chi connectivity index (χ0v) is 19.2. The van der Waals surface area contributed by atoms with E-state index in [2.05, 4.69) is 26.8 Å². The lowest BCUT2D eigenvalue weighted by atomic mass is 9.72. The van der Waals surface area contributed by atoms with E-state index in [1.165, 1.54) is 16.9 Å². The number of rotatable bonds is 3. The first kappa shape index (κ1) is 20.9. The Kier molecular flexibility index (Phi) is 6.06. The van der Waals surface area contributed by atoms with Gasteiger partial charge in [0, 0.05) is 37.5 Å². The highest BCUT2D eigenvalue weighted by Crippen LogP contribution is 2.40. The predicted molar refractivity (Wildman–Crippen MR) is 118 cm³/mol. The number of amides is 2. The van der Waals surface area contributed by atoms with Gasteiger partial charge >= 0.3 is 0 Å². The molecule has 3 aliphatic rings. The Bertz CT molecular complexity index is 749. The first-order chi connectivity index (χ1) is 13.8. The van der Waals surface area contributed by atoms with Gasteiger partial charge in [0.15, 0.2) is 0 Å². The van der Waals surface area contributed by atoms with Gasteiger partial charge in [0.2, 0.25) is 5.91 Å². The first-order valence-corrected chi connectivity index (χ1v) is 12.3. The van der Waals surface area contributed by atoms with Gasteiger partial charge in [-0.3, -0.25) is 9.59 Å². The Morgan fingerprint density at radius 1 is 1.03 bits per heavy atom. The summed E-state index contributed by atoms with van der Waals surface area (Å²) in [6.07, 6.45) is 8.37. The largest absolute Gasteiger partial charge is 0.343 e. The maximum absolute atomic E-state index is 13.1. The summed E-state index contributed by atoms with van der Waals surface area (Å²) >= 11 is 1.73. The van der Waals surface area contributed by atoms with Gasteiger partial charge in [-0.1, -0.05) is 20.8 Å². The second-order valence-corrected chi connectivity index (χ2v) is 11.5. The standard InChI is InChI=1S/C24H36N2O2S/c1-24(2,3)19-6-7-20-18(15-19)16-21(29-20)23(28)26-12-8-17(9-13-26)14-22(27)25-10-4-5-11-25/h16-17,19H,4-15H2,1-3H3. The molecule has 0 spiro atoms. The fourth-order valence-corrected chi connectivity index (χ4v) is 6.38. The van der Waals surface area contributed by atoms with Crippen LogP contribution in [-0.4, -0.2) is 47.8 Å². The lowest BCUT2D eigenvalue weighted by Crippen LogP contribution is -2.39. The summed E-state index contributed by atoms with van der Waals surface area (Å²) in [5.74, 6) is 1.68. The molecule has 4 rings (SSSR count). The molecule has 5 heteroatoms. The average Bonchev–Trinajstić information content (AvgIpc) is 3.36. The molecule has 160 valence electrons. The molecule has 3 heterocycles. The number of piperidine rings is 1. The molecule has 1 aromatic rings. The van der Waals surface area contributed by atoms with Crippen molar-refractivity contribution in [1.82, 2.24) is 9.80 Å². The highest BCUT2D eigenvalue weighted by Gasteiger charge is 2.32. The van der Waals surface area contributed by atoms with E-state index >= 15 is 0 Å². The molecule has 1 unspecified atom stereocenters. The Hall–Kier alpha value is -1.36. The molecule has 2 amide bonds. The third-order valence-corrected chi connectivity index (χ3v) is 8.57. The van der Waals surface area contributed by atoms with Gasteiger partial charge in [-0.2, -0.15) is 0 Å². The quantitative estimate of drug-likeness (QED) is 0.712. The van der Waals surface area contributed by atoms with Crippen LogP contribution in [0.5, 0.6) is 0 Å². The van der Waals surface area contributed by atoms with E-state index in [-0.39, 0.29) is 5.91 Å². The summed E-state index contributed by atoms with van der Waals surface area (Å²) in [6.45, 7) is 10.5. The molecule has 4 nitrogen and oxygen atoms in total. The molecule has 2 fully saturated rings. The number of hydrogen-bond donors (Lipinski definition) is 0. The van der Waals surface area contributed by atoms with Gasteiger partial charge in [0.1, 0.15) is 0 Å².